The lowest BCUT2D eigenvalue weighted by Crippen LogP contribution is -2.15. The molecule has 94 valence electrons. The first-order valence-corrected chi connectivity index (χ1v) is 5.95. The molecule has 2 N–H and O–H groups in total. The third-order valence-corrected chi connectivity index (χ3v) is 3.31. The van der Waals surface area contributed by atoms with Gasteiger partial charge in [-0.05, 0) is 36.6 Å². The number of methoxy groups -OCH3 is 1. The fourth-order valence-electron chi connectivity index (χ4n) is 2.09. The lowest BCUT2D eigenvalue weighted by Gasteiger charge is -2.18. The summed E-state index contributed by atoms with van der Waals surface area (Å²) in [6.07, 6.45) is 1.71. The molecule has 1 unspecified atom stereocenters. The van der Waals surface area contributed by atoms with Gasteiger partial charge >= 0.3 is 0 Å². The van der Waals surface area contributed by atoms with Gasteiger partial charge < -0.3 is 10.5 Å². The minimum Gasteiger partial charge on any atom is -0.481 e. The quantitative estimate of drug-likeness (QED) is 0.900. The first-order valence-electron chi connectivity index (χ1n) is 5.95. The number of benzene rings is 1. The summed E-state index contributed by atoms with van der Waals surface area (Å²) in [5.74, 6) is 0.589. The van der Waals surface area contributed by atoms with E-state index in [1.165, 1.54) is 11.1 Å². The molecule has 0 saturated heterocycles. The van der Waals surface area contributed by atoms with Crippen molar-refractivity contribution in [3.05, 3.63) is 58.8 Å². The average Bonchev–Trinajstić information content (AvgIpc) is 2.41. The van der Waals surface area contributed by atoms with Crippen molar-refractivity contribution in [1.82, 2.24) is 4.98 Å². The lowest BCUT2D eigenvalue weighted by molar-refractivity contribution is 0.390. The molecule has 1 heterocycles. The Morgan fingerprint density at radius 2 is 1.83 bits per heavy atom. The third kappa shape index (κ3) is 2.22. The molecule has 3 nitrogen and oxygen atoms in total. The minimum atomic E-state index is -0.214. The maximum Gasteiger partial charge on any atom is 0.218 e. The lowest BCUT2D eigenvalue weighted by atomic mass is 9.94. The van der Waals surface area contributed by atoms with Crippen LogP contribution in [0.2, 0.25) is 0 Å². The zero-order valence-electron chi connectivity index (χ0n) is 11.0. The molecule has 18 heavy (non-hydrogen) atoms. The molecule has 0 aliphatic carbocycles. The van der Waals surface area contributed by atoms with Gasteiger partial charge in [-0.2, -0.15) is 0 Å². The van der Waals surface area contributed by atoms with E-state index >= 15 is 0 Å². The molecule has 0 aliphatic heterocycles. The largest absolute Gasteiger partial charge is 0.481 e. The summed E-state index contributed by atoms with van der Waals surface area (Å²) >= 11 is 0. The summed E-state index contributed by atoms with van der Waals surface area (Å²) < 4.78 is 5.27. The Kier molecular flexibility index (Phi) is 3.63. The Hall–Kier alpha value is -1.87. The van der Waals surface area contributed by atoms with Crippen molar-refractivity contribution < 1.29 is 4.74 Å². The molecule has 0 spiro atoms. The van der Waals surface area contributed by atoms with Crippen molar-refractivity contribution >= 4 is 0 Å². The van der Waals surface area contributed by atoms with Crippen LogP contribution in [0.3, 0.4) is 0 Å². The second-order valence-corrected chi connectivity index (χ2v) is 4.37. The normalized spacial score (nSPS) is 12.2. The summed E-state index contributed by atoms with van der Waals surface area (Å²) in [6, 6.07) is 9.79. The van der Waals surface area contributed by atoms with E-state index in [0.717, 1.165) is 11.1 Å². The van der Waals surface area contributed by atoms with Crippen LogP contribution in [0.5, 0.6) is 5.88 Å². The fraction of sp³-hybridized carbons (Fsp3) is 0.267. The van der Waals surface area contributed by atoms with Gasteiger partial charge in [0.1, 0.15) is 0 Å². The van der Waals surface area contributed by atoms with Crippen molar-refractivity contribution in [2.45, 2.75) is 19.9 Å². The summed E-state index contributed by atoms with van der Waals surface area (Å²) in [5, 5.41) is 0. The second kappa shape index (κ2) is 5.19. The highest BCUT2D eigenvalue weighted by Gasteiger charge is 2.16. The van der Waals surface area contributed by atoms with E-state index in [0.29, 0.717) is 5.88 Å². The maximum absolute atomic E-state index is 6.34. The Morgan fingerprint density at radius 3 is 2.56 bits per heavy atom. The molecule has 3 heteroatoms. The summed E-state index contributed by atoms with van der Waals surface area (Å²) in [4.78, 5) is 4.19. The topological polar surface area (TPSA) is 48.1 Å². The number of ether oxygens (including phenoxy) is 1. The highest BCUT2D eigenvalue weighted by molar-refractivity contribution is 5.42. The van der Waals surface area contributed by atoms with Crippen LogP contribution in [0.1, 0.15) is 28.3 Å². The first kappa shape index (κ1) is 12.6. The molecule has 0 amide bonds. The minimum absolute atomic E-state index is 0.214. The number of aromatic nitrogens is 1. The van der Waals surface area contributed by atoms with Crippen LogP contribution >= 0.6 is 0 Å². The molecule has 2 rings (SSSR count). The monoisotopic (exact) mass is 242 g/mol. The standard InChI is InChI=1S/C15H18N2O/c1-10-6-4-7-12(11(10)2)14(16)13-8-5-9-17-15(13)18-3/h4-9,14H,16H2,1-3H3. The van der Waals surface area contributed by atoms with E-state index in [1.54, 1.807) is 13.3 Å². The van der Waals surface area contributed by atoms with Gasteiger partial charge in [0.15, 0.2) is 0 Å². The second-order valence-electron chi connectivity index (χ2n) is 4.37. The van der Waals surface area contributed by atoms with Gasteiger partial charge in [0.2, 0.25) is 5.88 Å². The Balaban J connectivity index is 2.48. The van der Waals surface area contributed by atoms with E-state index in [2.05, 4.69) is 31.0 Å². The Labute approximate surface area is 108 Å². The fourth-order valence-corrected chi connectivity index (χ4v) is 2.09. The van der Waals surface area contributed by atoms with Crippen LogP contribution in [0.15, 0.2) is 36.5 Å². The van der Waals surface area contributed by atoms with E-state index in [1.807, 2.05) is 18.2 Å². The van der Waals surface area contributed by atoms with E-state index in [-0.39, 0.29) is 6.04 Å². The van der Waals surface area contributed by atoms with Gasteiger partial charge in [0.25, 0.3) is 0 Å². The molecule has 2 aromatic rings. The van der Waals surface area contributed by atoms with Gasteiger partial charge in [0, 0.05) is 11.8 Å². The molecular weight excluding hydrogens is 224 g/mol. The molecule has 0 aliphatic rings. The number of nitrogens with zero attached hydrogens (tertiary/aromatic N) is 1. The number of hydrogen-bond donors (Lipinski definition) is 1. The molecule has 1 aromatic carbocycles. The van der Waals surface area contributed by atoms with Crippen LogP contribution < -0.4 is 10.5 Å². The van der Waals surface area contributed by atoms with Crippen LogP contribution in [-0.2, 0) is 0 Å². The van der Waals surface area contributed by atoms with Crippen LogP contribution in [-0.4, -0.2) is 12.1 Å². The molecule has 0 fully saturated rings. The van der Waals surface area contributed by atoms with E-state index in [4.69, 9.17) is 10.5 Å². The highest BCUT2D eigenvalue weighted by atomic mass is 16.5. The highest BCUT2D eigenvalue weighted by Crippen LogP contribution is 2.28. The zero-order valence-corrected chi connectivity index (χ0v) is 11.0. The van der Waals surface area contributed by atoms with Crippen molar-refractivity contribution in [1.29, 1.82) is 0 Å². The van der Waals surface area contributed by atoms with Crippen LogP contribution in [0.25, 0.3) is 0 Å². The SMILES string of the molecule is COc1ncccc1C(N)c1cccc(C)c1C. The predicted octanol–water partition coefficient (Wildman–Crippen LogP) is 2.76. The summed E-state index contributed by atoms with van der Waals surface area (Å²) in [5.41, 5.74) is 10.8. The molecule has 1 atom stereocenters. The average molecular weight is 242 g/mol. The number of rotatable bonds is 3. The summed E-state index contributed by atoms with van der Waals surface area (Å²) in [7, 11) is 1.61. The predicted molar refractivity (Wildman–Crippen MR) is 72.7 cm³/mol. The summed E-state index contributed by atoms with van der Waals surface area (Å²) in [6.45, 7) is 4.18. The van der Waals surface area contributed by atoms with Crippen LogP contribution in [0, 0.1) is 13.8 Å². The van der Waals surface area contributed by atoms with E-state index < -0.39 is 0 Å². The third-order valence-electron chi connectivity index (χ3n) is 3.31. The Bertz CT molecular complexity index is 552. The number of nitrogens with two attached hydrogens (primary N) is 1. The zero-order chi connectivity index (χ0) is 13.1. The van der Waals surface area contributed by atoms with E-state index in [9.17, 15) is 0 Å². The molecule has 0 bridgehead atoms. The van der Waals surface area contributed by atoms with Crippen molar-refractivity contribution in [2.24, 2.45) is 5.73 Å². The number of hydrogen-bond acceptors (Lipinski definition) is 3. The van der Waals surface area contributed by atoms with Crippen molar-refractivity contribution in [2.75, 3.05) is 7.11 Å². The number of pyridine rings is 1. The molecular formula is C15H18N2O. The van der Waals surface area contributed by atoms with Gasteiger partial charge in [-0.3, -0.25) is 0 Å². The maximum atomic E-state index is 6.34. The molecule has 0 saturated carbocycles. The van der Waals surface area contributed by atoms with Gasteiger partial charge in [-0.25, -0.2) is 4.98 Å². The van der Waals surface area contributed by atoms with Gasteiger partial charge in [-0.1, -0.05) is 24.3 Å². The Morgan fingerprint density at radius 1 is 1.11 bits per heavy atom. The van der Waals surface area contributed by atoms with Gasteiger partial charge in [-0.15, -0.1) is 0 Å². The van der Waals surface area contributed by atoms with Gasteiger partial charge in [0.05, 0.1) is 13.2 Å². The smallest absolute Gasteiger partial charge is 0.218 e. The molecule has 0 radical (unpaired) electrons. The van der Waals surface area contributed by atoms with Crippen molar-refractivity contribution in [3.8, 4) is 5.88 Å². The first-order chi connectivity index (χ1) is 8.65. The number of aryl methyl sites for hydroxylation is 1. The molecule has 1 aromatic heterocycles. The van der Waals surface area contributed by atoms with Crippen molar-refractivity contribution in [3.63, 3.8) is 0 Å². The van der Waals surface area contributed by atoms with Crippen LogP contribution in [0.4, 0.5) is 0 Å².